The van der Waals surface area contributed by atoms with E-state index < -0.39 is 5.41 Å². The molecule has 0 fully saturated rings. The summed E-state index contributed by atoms with van der Waals surface area (Å²) in [6, 6.07) is 22.0. The SMILES string of the molecule is CC(=O)C(c1ccccc1)(c1ccncc1)c1ccc(N(C)C)cc1. The number of anilines is 1. The average Bonchev–Trinajstić information content (AvgIpc) is 2.64. The van der Waals surface area contributed by atoms with Gasteiger partial charge in [0.1, 0.15) is 11.2 Å². The Balaban J connectivity index is 2.30. The zero-order valence-electron chi connectivity index (χ0n) is 14.8. The first-order valence-corrected chi connectivity index (χ1v) is 8.31. The molecule has 0 aliphatic rings. The first-order chi connectivity index (χ1) is 12.1. The minimum atomic E-state index is -0.838. The topological polar surface area (TPSA) is 33.2 Å². The van der Waals surface area contributed by atoms with Crippen LogP contribution in [0.3, 0.4) is 0 Å². The van der Waals surface area contributed by atoms with Crippen molar-refractivity contribution >= 4 is 11.5 Å². The standard InChI is InChI=1S/C22H22N2O/c1-17(25)22(18-7-5-4-6-8-18,20-13-15-23-16-14-20)19-9-11-21(12-10-19)24(2)3/h4-16H,1-3H3. The van der Waals surface area contributed by atoms with Gasteiger partial charge in [-0.15, -0.1) is 0 Å². The molecule has 1 aromatic heterocycles. The van der Waals surface area contributed by atoms with Gasteiger partial charge in [-0.05, 0) is 47.9 Å². The van der Waals surface area contributed by atoms with Crippen LogP contribution in [0.5, 0.6) is 0 Å². The quantitative estimate of drug-likeness (QED) is 0.707. The highest BCUT2D eigenvalue weighted by atomic mass is 16.1. The van der Waals surface area contributed by atoms with E-state index in [9.17, 15) is 4.79 Å². The summed E-state index contributed by atoms with van der Waals surface area (Å²) in [5, 5.41) is 0. The Morgan fingerprint density at radius 1 is 0.800 bits per heavy atom. The summed E-state index contributed by atoms with van der Waals surface area (Å²) < 4.78 is 0. The van der Waals surface area contributed by atoms with Gasteiger partial charge in [-0.1, -0.05) is 42.5 Å². The van der Waals surface area contributed by atoms with Crippen LogP contribution in [0.2, 0.25) is 0 Å². The predicted molar refractivity (Wildman–Crippen MR) is 102 cm³/mol. The van der Waals surface area contributed by atoms with Crippen molar-refractivity contribution in [1.29, 1.82) is 0 Å². The van der Waals surface area contributed by atoms with Crippen LogP contribution in [-0.4, -0.2) is 24.9 Å². The molecule has 126 valence electrons. The van der Waals surface area contributed by atoms with Crippen molar-refractivity contribution in [2.24, 2.45) is 0 Å². The van der Waals surface area contributed by atoms with E-state index >= 15 is 0 Å². The number of Topliss-reactive ketones (excluding diaryl/α,β-unsaturated/α-hetero) is 1. The Hall–Kier alpha value is -2.94. The average molecular weight is 330 g/mol. The van der Waals surface area contributed by atoms with E-state index in [1.807, 2.05) is 73.6 Å². The second-order valence-electron chi connectivity index (χ2n) is 6.35. The summed E-state index contributed by atoms with van der Waals surface area (Å²) in [5.74, 6) is 0.0857. The molecule has 0 saturated heterocycles. The number of ketones is 1. The highest BCUT2D eigenvalue weighted by Crippen LogP contribution is 2.40. The van der Waals surface area contributed by atoms with Crippen molar-refractivity contribution in [2.75, 3.05) is 19.0 Å². The zero-order valence-corrected chi connectivity index (χ0v) is 14.8. The number of carbonyl (C=O) groups is 1. The lowest BCUT2D eigenvalue weighted by Crippen LogP contribution is -2.37. The number of nitrogens with zero attached hydrogens (tertiary/aromatic N) is 2. The monoisotopic (exact) mass is 330 g/mol. The summed E-state index contributed by atoms with van der Waals surface area (Å²) in [5.41, 5.74) is 3.12. The van der Waals surface area contributed by atoms with Crippen LogP contribution in [0.1, 0.15) is 23.6 Å². The highest BCUT2D eigenvalue weighted by molar-refractivity contribution is 5.96. The molecule has 25 heavy (non-hydrogen) atoms. The molecule has 0 aliphatic heterocycles. The Kier molecular flexibility index (Phi) is 4.66. The molecule has 3 nitrogen and oxygen atoms in total. The fourth-order valence-electron chi connectivity index (χ4n) is 3.41. The third kappa shape index (κ3) is 2.93. The first-order valence-electron chi connectivity index (χ1n) is 8.31. The molecule has 0 radical (unpaired) electrons. The molecule has 3 heteroatoms. The summed E-state index contributed by atoms with van der Waals surface area (Å²) in [6.45, 7) is 1.66. The third-order valence-corrected chi connectivity index (χ3v) is 4.66. The minimum Gasteiger partial charge on any atom is -0.378 e. The fourth-order valence-corrected chi connectivity index (χ4v) is 3.41. The first kappa shape index (κ1) is 16.9. The molecular weight excluding hydrogens is 308 g/mol. The van der Waals surface area contributed by atoms with Crippen molar-refractivity contribution in [2.45, 2.75) is 12.3 Å². The Bertz CT molecular complexity index is 801. The van der Waals surface area contributed by atoms with Crippen molar-refractivity contribution in [3.8, 4) is 0 Å². The molecule has 3 rings (SSSR count). The number of rotatable bonds is 5. The summed E-state index contributed by atoms with van der Waals surface area (Å²) in [7, 11) is 4.01. The van der Waals surface area contributed by atoms with E-state index in [2.05, 4.69) is 17.1 Å². The Morgan fingerprint density at radius 3 is 1.84 bits per heavy atom. The second kappa shape index (κ2) is 6.89. The molecule has 1 heterocycles. The third-order valence-electron chi connectivity index (χ3n) is 4.66. The highest BCUT2D eigenvalue weighted by Gasteiger charge is 2.41. The second-order valence-corrected chi connectivity index (χ2v) is 6.35. The Morgan fingerprint density at radius 2 is 1.32 bits per heavy atom. The Labute approximate surface area is 149 Å². The molecule has 2 aromatic carbocycles. The predicted octanol–water partition coefficient (Wildman–Crippen LogP) is 4.07. The van der Waals surface area contributed by atoms with Gasteiger partial charge in [-0.25, -0.2) is 0 Å². The van der Waals surface area contributed by atoms with Gasteiger partial charge in [-0.2, -0.15) is 0 Å². The number of carbonyl (C=O) groups excluding carboxylic acids is 1. The normalized spacial score (nSPS) is 13.1. The van der Waals surface area contributed by atoms with Crippen LogP contribution in [0, 0.1) is 0 Å². The number of hydrogen-bond donors (Lipinski definition) is 0. The fraction of sp³-hybridized carbons (Fsp3) is 0.182. The van der Waals surface area contributed by atoms with E-state index in [1.165, 1.54) is 0 Å². The molecule has 3 aromatic rings. The van der Waals surface area contributed by atoms with Gasteiger partial charge in [0.25, 0.3) is 0 Å². The summed E-state index contributed by atoms with van der Waals surface area (Å²) in [4.78, 5) is 19.2. The van der Waals surface area contributed by atoms with Gasteiger partial charge in [0, 0.05) is 32.2 Å². The van der Waals surface area contributed by atoms with E-state index in [4.69, 9.17) is 0 Å². The molecule has 0 saturated carbocycles. The molecule has 0 bridgehead atoms. The van der Waals surface area contributed by atoms with Crippen molar-refractivity contribution in [3.05, 3.63) is 95.8 Å². The smallest absolute Gasteiger partial charge is 0.149 e. The van der Waals surface area contributed by atoms with Crippen LogP contribution >= 0.6 is 0 Å². The van der Waals surface area contributed by atoms with Crippen LogP contribution in [0.25, 0.3) is 0 Å². The molecule has 0 N–H and O–H groups in total. The number of hydrogen-bond acceptors (Lipinski definition) is 3. The molecule has 0 spiro atoms. The van der Waals surface area contributed by atoms with Gasteiger partial charge in [0.2, 0.25) is 0 Å². The van der Waals surface area contributed by atoms with E-state index in [-0.39, 0.29) is 5.78 Å². The largest absolute Gasteiger partial charge is 0.378 e. The van der Waals surface area contributed by atoms with Crippen molar-refractivity contribution in [3.63, 3.8) is 0 Å². The molecule has 0 aliphatic carbocycles. The van der Waals surface area contributed by atoms with Crippen molar-refractivity contribution in [1.82, 2.24) is 4.98 Å². The van der Waals surface area contributed by atoms with Crippen LogP contribution < -0.4 is 4.90 Å². The molecule has 1 atom stereocenters. The van der Waals surface area contributed by atoms with Gasteiger partial charge < -0.3 is 4.90 Å². The van der Waals surface area contributed by atoms with Gasteiger partial charge >= 0.3 is 0 Å². The van der Waals surface area contributed by atoms with Gasteiger partial charge in [-0.3, -0.25) is 9.78 Å². The van der Waals surface area contributed by atoms with E-state index in [1.54, 1.807) is 19.3 Å². The van der Waals surface area contributed by atoms with Crippen molar-refractivity contribution < 1.29 is 4.79 Å². The zero-order chi connectivity index (χ0) is 17.9. The minimum absolute atomic E-state index is 0.0857. The van der Waals surface area contributed by atoms with Gasteiger partial charge in [0.05, 0.1) is 0 Å². The number of benzene rings is 2. The van der Waals surface area contributed by atoms with Gasteiger partial charge in [0.15, 0.2) is 0 Å². The molecular formula is C22H22N2O. The molecule has 1 unspecified atom stereocenters. The lowest BCUT2D eigenvalue weighted by Gasteiger charge is -2.33. The summed E-state index contributed by atoms with van der Waals surface area (Å²) >= 11 is 0. The van der Waals surface area contributed by atoms with Crippen LogP contribution in [0.15, 0.2) is 79.1 Å². The number of aromatic nitrogens is 1. The lowest BCUT2D eigenvalue weighted by atomic mass is 9.67. The van der Waals surface area contributed by atoms with Crippen LogP contribution in [-0.2, 0) is 10.2 Å². The maximum absolute atomic E-state index is 13.1. The van der Waals surface area contributed by atoms with E-state index in [0.717, 1.165) is 22.4 Å². The van der Waals surface area contributed by atoms with E-state index in [0.29, 0.717) is 0 Å². The number of pyridine rings is 1. The summed E-state index contributed by atoms with van der Waals surface area (Å²) in [6.07, 6.45) is 3.48. The maximum atomic E-state index is 13.1. The van der Waals surface area contributed by atoms with Crippen LogP contribution in [0.4, 0.5) is 5.69 Å². The molecule has 0 amide bonds. The maximum Gasteiger partial charge on any atom is 0.149 e. The lowest BCUT2D eigenvalue weighted by molar-refractivity contribution is -0.119.